The van der Waals surface area contributed by atoms with E-state index in [2.05, 4.69) is 53.9 Å². The Labute approximate surface area is 327 Å². The minimum atomic E-state index is -4.52. The summed E-state index contributed by atoms with van der Waals surface area (Å²) in [6.45, 7) is 15.7. The van der Waals surface area contributed by atoms with Gasteiger partial charge in [-0.1, -0.05) is 115 Å². The van der Waals surface area contributed by atoms with Gasteiger partial charge in [0.1, 0.15) is 18.0 Å². The zero-order valence-electron chi connectivity index (χ0n) is 33.4. The average molecular weight is 757 g/mol. The highest BCUT2D eigenvalue weighted by molar-refractivity contribution is 5.98. The predicted molar refractivity (Wildman–Crippen MR) is 222 cm³/mol. The molecule has 0 bridgehead atoms. The Kier molecular flexibility index (Phi) is 20.4. The standard InChI is InChI=1S/C40H47F3N4O2.C4H10.C2H2/c1-6-15-36(39(48)47-35-22-13-12-21-34(35)28(5)29-17-10-9-11-18-29)46-37(16-7-2)49-27(4)23-31(24-33(8-3)40(41,42)43)32-25-44-38(45-26-32)30-19-14-20-30;1-3-4-2;1-2/h8-13,16-18,21-22,24-27,30,36,46H,5-7,14-15,19-20,23H2,1-4H3,(H,47,48);3-4H2,1-2H3;1-2H/b31-24+,33-8+,37-16+;;. The molecule has 4 rings (SSSR count). The number of carbonyl (C=O) groups excluding carboxylic acids is 1. The molecule has 296 valence electrons. The van der Waals surface area contributed by atoms with Crippen molar-refractivity contribution in [2.24, 2.45) is 0 Å². The molecule has 0 saturated heterocycles. The van der Waals surface area contributed by atoms with Crippen LogP contribution in [0.5, 0.6) is 0 Å². The van der Waals surface area contributed by atoms with E-state index >= 15 is 0 Å². The third kappa shape index (κ3) is 14.9. The lowest BCUT2D eigenvalue weighted by molar-refractivity contribution is -0.118. The Bertz CT molecular complexity index is 1720. The molecule has 0 aliphatic heterocycles. The van der Waals surface area contributed by atoms with Gasteiger partial charge in [0.25, 0.3) is 0 Å². The normalized spacial score (nSPS) is 14.5. The van der Waals surface area contributed by atoms with Crippen molar-refractivity contribution >= 4 is 22.7 Å². The van der Waals surface area contributed by atoms with Crippen LogP contribution >= 0.6 is 0 Å². The van der Waals surface area contributed by atoms with Crippen LogP contribution in [-0.2, 0) is 9.53 Å². The van der Waals surface area contributed by atoms with Gasteiger partial charge in [-0.25, -0.2) is 9.97 Å². The second kappa shape index (κ2) is 24.3. The quantitative estimate of drug-likeness (QED) is 0.0815. The summed E-state index contributed by atoms with van der Waals surface area (Å²) in [6.07, 6.45) is 18.0. The number of hydrogen-bond donors (Lipinski definition) is 2. The largest absolute Gasteiger partial charge is 0.476 e. The Balaban J connectivity index is 0.00000163. The number of anilines is 1. The molecular formula is C46H59F3N4O2. The third-order valence-electron chi connectivity index (χ3n) is 9.05. The molecule has 9 heteroatoms. The van der Waals surface area contributed by atoms with Crippen LogP contribution in [0.1, 0.15) is 128 Å². The molecule has 3 aromatic rings. The van der Waals surface area contributed by atoms with E-state index in [1.807, 2.05) is 74.5 Å². The zero-order chi connectivity index (χ0) is 40.8. The number of para-hydroxylation sites is 1. The van der Waals surface area contributed by atoms with Crippen molar-refractivity contribution in [2.75, 3.05) is 5.32 Å². The predicted octanol–water partition coefficient (Wildman–Crippen LogP) is 12.2. The fourth-order valence-electron chi connectivity index (χ4n) is 5.65. The van der Waals surface area contributed by atoms with Crippen LogP contribution in [0.15, 0.2) is 103 Å². The van der Waals surface area contributed by atoms with Crippen LogP contribution < -0.4 is 10.6 Å². The first kappa shape index (κ1) is 46.1. The topological polar surface area (TPSA) is 76.1 Å². The number of rotatable bonds is 17. The first-order chi connectivity index (χ1) is 26.4. The molecule has 2 unspecified atom stereocenters. The SMILES string of the molecule is C#C.C=C(c1ccccc1)c1ccccc1NC(=O)C(CCC)N/C(=C\CC)OC(C)C/C(=C\C(=C/C)C(F)(F)F)c1cnc(C2CCC2)nc1.CCCC. The van der Waals surface area contributed by atoms with Gasteiger partial charge >= 0.3 is 6.18 Å². The van der Waals surface area contributed by atoms with Crippen molar-refractivity contribution in [1.29, 1.82) is 0 Å². The highest BCUT2D eigenvalue weighted by Crippen LogP contribution is 2.35. The second-order valence-corrected chi connectivity index (χ2v) is 13.3. The number of alkyl halides is 3. The van der Waals surface area contributed by atoms with Crippen molar-refractivity contribution in [3.8, 4) is 12.8 Å². The summed E-state index contributed by atoms with van der Waals surface area (Å²) in [4.78, 5) is 22.7. The summed E-state index contributed by atoms with van der Waals surface area (Å²) in [5.41, 5.74) is 3.37. The number of carbonyl (C=O) groups is 1. The number of halogens is 3. The molecular weight excluding hydrogens is 698 g/mol. The number of hydrogen-bond acceptors (Lipinski definition) is 5. The summed E-state index contributed by atoms with van der Waals surface area (Å²) in [5.74, 6) is 1.19. The fraction of sp³-hybridized carbons (Fsp3) is 0.413. The van der Waals surface area contributed by atoms with Crippen LogP contribution in [0.2, 0.25) is 0 Å². The lowest BCUT2D eigenvalue weighted by Gasteiger charge is -2.25. The number of nitrogens with zero attached hydrogens (tertiary/aromatic N) is 2. The van der Waals surface area contributed by atoms with Crippen LogP contribution in [0.3, 0.4) is 0 Å². The van der Waals surface area contributed by atoms with Crippen LogP contribution in [0.4, 0.5) is 18.9 Å². The van der Waals surface area contributed by atoms with E-state index in [4.69, 9.17) is 4.74 Å². The molecule has 1 aliphatic carbocycles. The Morgan fingerprint density at radius 1 is 0.964 bits per heavy atom. The maximum Gasteiger partial charge on any atom is 0.416 e. The Morgan fingerprint density at radius 2 is 1.58 bits per heavy atom. The van der Waals surface area contributed by atoms with Gasteiger partial charge in [-0.2, -0.15) is 13.2 Å². The number of ether oxygens (including phenoxy) is 1. The molecule has 1 amide bonds. The van der Waals surface area contributed by atoms with Gasteiger partial charge in [0.05, 0.1) is 5.57 Å². The molecule has 55 heavy (non-hydrogen) atoms. The zero-order valence-corrected chi connectivity index (χ0v) is 33.4. The smallest absolute Gasteiger partial charge is 0.416 e. The Hall–Kier alpha value is -5.10. The minimum absolute atomic E-state index is 0.155. The van der Waals surface area contributed by atoms with E-state index in [1.165, 1.54) is 19.8 Å². The van der Waals surface area contributed by atoms with E-state index in [-0.39, 0.29) is 12.3 Å². The first-order valence-corrected chi connectivity index (χ1v) is 19.3. The number of amides is 1. The number of allylic oxidation sites excluding steroid dienone is 4. The van der Waals surface area contributed by atoms with Gasteiger partial charge in [0.15, 0.2) is 5.88 Å². The molecule has 1 saturated carbocycles. The van der Waals surface area contributed by atoms with Crippen LogP contribution in [0.25, 0.3) is 11.1 Å². The fourth-order valence-corrected chi connectivity index (χ4v) is 5.65. The maximum atomic E-state index is 13.8. The average Bonchev–Trinajstić information content (AvgIpc) is 3.16. The van der Waals surface area contributed by atoms with Crippen molar-refractivity contribution < 1.29 is 22.7 Å². The summed E-state index contributed by atoms with van der Waals surface area (Å²) >= 11 is 0. The van der Waals surface area contributed by atoms with Gasteiger partial charge in [0, 0.05) is 41.5 Å². The molecule has 1 fully saturated rings. The first-order valence-electron chi connectivity index (χ1n) is 19.3. The van der Waals surface area contributed by atoms with Gasteiger partial charge in [0.2, 0.25) is 5.91 Å². The summed E-state index contributed by atoms with van der Waals surface area (Å²) in [6, 6.07) is 16.7. The van der Waals surface area contributed by atoms with Crippen LogP contribution in [0, 0.1) is 12.8 Å². The number of benzene rings is 2. The third-order valence-corrected chi connectivity index (χ3v) is 9.05. The van der Waals surface area contributed by atoms with Crippen LogP contribution in [-0.4, -0.2) is 34.2 Å². The molecule has 2 aromatic carbocycles. The summed E-state index contributed by atoms with van der Waals surface area (Å²) in [7, 11) is 0. The Morgan fingerprint density at radius 3 is 2.11 bits per heavy atom. The van der Waals surface area contributed by atoms with Gasteiger partial charge < -0.3 is 15.4 Å². The van der Waals surface area contributed by atoms with E-state index in [9.17, 15) is 18.0 Å². The highest BCUT2D eigenvalue weighted by Gasteiger charge is 2.32. The molecule has 2 atom stereocenters. The van der Waals surface area contributed by atoms with Crippen molar-refractivity contribution in [2.45, 2.75) is 124 Å². The monoisotopic (exact) mass is 756 g/mol. The van der Waals surface area contributed by atoms with Gasteiger partial charge in [-0.05, 0) is 74.5 Å². The number of terminal acetylenes is 1. The van der Waals surface area contributed by atoms with E-state index in [0.717, 1.165) is 60.4 Å². The number of nitrogens with one attached hydrogen (secondary N) is 2. The van der Waals surface area contributed by atoms with Gasteiger partial charge in [-0.15, -0.1) is 12.8 Å². The van der Waals surface area contributed by atoms with Crippen molar-refractivity contribution in [1.82, 2.24) is 15.3 Å². The van der Waals surface area contributed by atoms with E-state index < -0.39 is 23.9 Å². The molecule has 6 nitrogen and oxygen atoms in total. The minimum Gasteiger partial charge on any atom is -0.476 e. The van der Waals surface area contributed by atoms with E-state index in [0.29, 0.717) is 41.5 Å². The molecule has 1 aromatic heterocycles. The molecule has 1 aliphatic rings. The summed E-state index contributed by atoms with van der Waals surface area (Å²) in [5, 5.41) is 6.36. The molecule has 0 radical (unpaired) electrons. The second-order valence-electron chi connectivity index (χ2n) is 13.3. The lowest BCUT2D eigenvalue weighted by atomic mass is 9.85. The maximum absolute atomic E-state index is 13.8. The summed E-state index contributed by atoms with van der Waals surface area (Å²) < 4.78 is 47.8. The van der Waals surface area contributed by atoms with Crippen molar-refractivity contribution in [3.05, 3.63) is 126 Å². The van der Waals surface area contributed by atoms with Gasteiger partial charge in [-0.3, -0.25) is 4.79 Å². The number of aromatic nitrogens is 2. The lowest BCUT2D eigenvalue weighted by Crippen LogP contribution is -2.41. The molecule has 1 heterocycles. The van der Waals surface area contributed by atoms with Crippen molar-refractivity contribution in [3.63, 3.8) is 0 Å². The molecule has 2 N–H and O–H groups in total. The van der Waals surface area contributed by atoms with E-state index in [1.54, 1.807) is 19.3 Å². The number of unbranched alkanes of at least 4 members (excludes halogenated alkanes) is 1. The molecule has 0 spiro atoms. The highest BCUT2D eigenvalue weighted by atomic mass is 19.4.